The summed E-state index contributed by atoms with van der Waals surface area (Å²) >= 11 is 11.5. The molecule has 0 bridgehead atoms. The van der Waals surface area contributed by atoms with Crippen molar-refractivity contribution in [3.63, 3.8) is 0 Å². The van der Waals surface area contributed by atoms with Crippen LogP contribution in [0.5, 0.6) is 0 Å². The predicted octanol–water partition coefficient (Wildman–Crippen LogP) is 3.84. The van der Waals surface area contributed by atoms with Gasteiger partial charge in [-0.25, -0.2) is 19.5 Å². The molecular weight excluding hydrogens is 488 g/mol. The molecule has 0 radical (unpaired) electrons. The second kappa shape index (κ2) is 8.64. The van der Waals surface area contributed by atoms with Crippen LogP contribution in [-0.2, 0) is 14.4 Å². The normalized spacial score (nSPS) is 14.2. The highest BCUT2D eigenvalue weighted by Crippen LogP contribution is 2.33. The molecule has 1 aliphatic heterocycles. The lowest BCUT2D eigenvalue weighted by Crippen LogP contribution is -2.57. The van der Waals surface area contributed by atoms with E-state index in [2.05, 4.69) is 15.1 Å². The Morgan fingerprint density at radius 3 is 2.34 bits per heavy atom. The van der Waals surface area contributed by atoms with Crippen LogP contribution in [0.1, 0.15) is 19.0 Å². The molecule has 0 unspecified atom stereocenters. The largest absolute Gasteiger partial charge is 0.274 e. The Bertz CT molecular complexity index is 1530. The number of hydrogen-bond donors (Lipinski definition) is 0. The number of halogens is 1. The van der Waals surface area contributed by atoms with Crippen molar-refractivity contribution >= 4 is 63.6 Å². The summed E-state index contributed by atoms with van der Waals surface area (Å²) in [5.41, 5.74) is 3.08. The average Bonchev–Trinajstić information content (AvgIpc) is 3.15. The number of aromatic nitrogens is 4. The number of amides is 3. The molecule has 174 valence electrons. The summed E-state index contributed by atoms with van der Waals surface area (Å²) in [4.78, 5) is 48.5. The fourth-order valence-corrected chi connectivity index (χ4v) is 4.49. The number of fused-ring (bicyclic) bond motifs is 1. The maximum Gasteiger partial charge on any atom is 0.245 e. The van der Waals surface area contributed by atoms with Crippen molar-refractivity contribution in [2.45, 2.75) is 20.3 Å². The van der Waals surface area contributed by atoms with Crippen LogP contribution >= 0.6 is 23.8 Å². The number of carbonyl (C=O) groups is 3. The van der Waals surface area contributed by atoms with E-state index in [1.807, 2.05) is 37.3 Å². The highest BCUT2D eigenvalue weighted by atomic mass is 35.5. The Hall–Kier alpha value is -4.02. The molecule has 0 atom stereocenters. The number of imide groups is 1. The van der Waals surface area contributed by atoms with Crippen LogP contribution in [0, 0.1) is 6.92 Å². The number of para-hydroxylation sites is 1. The number of hydrogen-bond acceptors (Lipinski definition) is 7. The first kappa shape index (κ1) is 22.8. The molecule has 0 aliphatic carbocycles. The van der Waals surface area contributed by atoms with Gasteiger partial charge in [-0.2, -0.15) is 10.1 Å². The Morgan fingerprint density at radius 1 is 1.00 bits per heavy atom. The van der Waals surface area contributed by atoms with Crippen molar-refractivity contribution in [3.8, 4) is 16.9 Å². The summed E-state index contributed by atoms with van der Waals surface area (Å²) in [5.74, 6) is -1.97. The fourth-order valence-electron chi connectivity index (χ4n) is 3.95. The molecule has 3 amide bonds. The van der Waals surface area contributed by atoms with Crippen molar-refractivity contribution in [1.29, 1.82) is 0 Å². The number of rotatable bonds is 3. The van der Waals surface area contributed by atoms with E-state index in [0.717, 1.165) is 15.5 Å². The van der Waals surface area contributed by atoms with Crippen molar-refractivity contribution < 1.29 is 14.4 Å². The van der Waals surface area contributed by atoms with Crippen LogP contribution in [0.4, 0.5) is 5.95 Å². The second-order valence-corrected chi connectivity index (χ2v) is 8.65. The van der Waals surface area contributed by atoms with Gasteiger partial charge >= 0.3 is 0 Å². The van der Waals surface area contributed by atoms with Gasteiger partial charge in [-0.1, -0.05) is 41.9 Å². The zero-order valence-electron chi connectivity index (χ0n) is 18.6. The van der Waals surface area contributed by atoms with Crippen LogP contribution < -0.4 is 4.90 Å². The first-order valence-electron chi connectivity index (χ1n) is 10.6. The highest BCUT2D eigenvalue weighted by Gasteiger charge is 2.40. The lowest BCUT2D eigenvalue weighted by Gasteiger charge is -2.32. The van der Waals surface area contributed by atoms with E-state index in [4.69, 9.17) is 23.8 Å². The van der Waals surface area contributed by atoms with Gasteiger partial charge in [0.15, 0.2) is 10.8 Å². The summed E-state index contributed by atoms with van der Waals surface area (Å²) in [6, 6.07) is 16.5. The molecule has 35 heavy (non-hydrogen) atoms. The smallest absolute Gasteiger partial charge is 0.245 e. The third-order valence-corrected chi connectivity index (χ3v) is 6.12. The van der Waals surface area contributed by atoms with Crippen LogP contribution in [0.15, 0.2) is 54.6 Å². The molecule has 1 fully saturated rings. The molecule has 0 spiro atoms. The Kier molecular flexibility index (Phi) is 5.62. The van der Waals surface area contributed by atoms with E-state index in [1.165, 1.54) is 6.92 Å². The lowest BCUT2D eigenvalue weighted by molar-refractivity contribution is -0.141. The van der Waals surface area contributed by atoms with Gasteiger partial charge in [-0.15, -0.1) is 0 Å². The zero-order valence-corrected chi connectivity index (χ0v) is 20.2. The van der Waals surface area contributed by atoms with E-state index < -0.39 is 24.1 Å². The summed E-state index contributed by atoms with van der Waals surface area (Å²) in [6.07, 6.45) is -0.533. The number of nitrogens with zero attached hydrogens (tertiary/aromatic N) is 6. The van der Waals surface area contributed by atoms with E-state index in [9.17, 15) is 14.4 Å². The summed E-state index contributed by atoms with van der Waals surface area (Å²) in [7, 11) is 0. The molecule has 11 heteroatoms. The lowest BCUT2D eigenvalue weighted by atomic mass is 10.1. The van der Waals surface area contributed by atoms with Gasteiger partial charge in [0.25, 0.3) is 0 Å². The van der Waals surface area contributed by atoms with E-state index in [0.29, 0.717) is 33.0 Å². The van der Waals surface area contributed by atoms with Crippen molar-refractivity contribution in [3.05, 3.63) is 65.3 Å². The third-order valence-electron chi connectivity index (χ3n) is 5.51. The molecule has 5 rings (SSSR count). The summed E-state index contributed by atoms with van der Waals surface area (Å²) in [6.45, 7) is 3.05. The van der Waals surface area contributed by atoms with E-state index in [1.54, 1.807) is 28.9 Å². The summed E-state index contributed by atoms with van der Waals surface area (Å²) in [5, 5.41) is 5.62. The van der Waals surface area contributed by atoms with Crippen molar-refractivity contribution in [2.24, 2.45) is 0 Å². The van der Waals surface area contributed by atoms with Crippen molar-refractivity contribution in [1.82, 2.24) is 24.6 Å². The Labute approximate surface area is 209 Å². The minimum Gasteiger partial charge on any atom is -0.274 e. The maximum absolute atomic E-state index is 12.9. The molecule has 1 aliphatic rings. The van der Waals surface area contributed by atoms with Gasteiger partial charge in [0.2, 0.25) is 23.7 Å². The van der Waals surface area contributed by atoms with Crippen LogP contribution in [0.3, 0.4) is 0 Å². The predicted molar refractivity (Wildman–Crippen MR) is 134 cm³/mol. The number of anilines is 1. The van der Waals surface area contributed by atoms with E-state index >= 15 is 0 Å². The molecule has 0 N–H and O–H groups in total. The standard InChI is InChI=1S/C24H17ClN6O3S/c1-13-20-21(15-8-10-16(25)11-9-15)26-23(27-22(20)31(28-13)17-6-4-3-5-7-17)30-19(34)12-18(33)29(14(2)32)24(30)35/h3-11H,12H2,1-2H3. The van der Waals surface area contributed by atoms with E-state index in [-0.39, 0.29) is 11.1 Å². The number of benzene rings is 2. The van der Waals surface area contributed by atoms with Crippen molar-refractivity contribution in [2.75, 3.05) is 4.90 Å². The molecule has 2 aromatic carbocycles. The minimum absolute atomic E-state index is 0.0618. The minimum atomic E-state index is -0.687. The molecule has 1 saturated heterocycles. The quantitative estimate of drug-likeness (QED) is 0.308. The number of carbonyl (C=O) groups excluding carboxylic acids is 3. The Morgan fingerprint density at radius 2 is 1.69 bits per heavy atom. The van der Waals surface area contributed by atoms with Gasteiger partial charge < -0.3 is 0 Å². The highest BCUT2D eigenvalue weighted by molar-refractivity contribution is 7.80. The molecule has 4 aromatic rings. The third kappa shape index (κ3) is 3.86. The van der Waals surface area contributed by atoms with Crippen LogP contribution in [0.25, 0.3) is 28.0 Å². The average molecular weight is 505 g/mol. The topological polar surface area (TPSA) is 101 Å². The number of aryl methyl sites for hydroxylation is 1. The Balaban J connectivity index is 1.80. The molecule has 3 heterocycles. The SMILES string of the molecule is CC(=O)N1C(=O)CC(=O)N(c2nc(-c3ccc(Cl)cc3)c3c(C)nn(-c4ccccc4)c3n2)C1=S. The first-order chi connectivity index (χ1) is 16.8. The van der Waals surface area contributed by atoms with Crippen LogP contribution in [-0.4, -0.2) is 47.5 Å². The zero-order chi connectivity index (χ0) is 24.9. The number of thiocarbonyl (C=S) groups is 1. The molecule has 0 saturated carbocycles. The summed E-state index contributed by atoms with van der Waals surface area (Å²) < 4.78 is 1.65. The fraction of sp³-hybridized carbons (Fsp3) is 0.125. The second-order valence-electron chi connectivity index (χ2n) is 7.85. The van der Waals surface area contributed by atoms with Gasteiger partial charge in [0, 0.05) is 17.5 Å². The molecule has 2 aromatic heterocycles. The monoisotopic (exact) mass is 504 g/mol. The van der Waals surface area contributed by atoms with Gasteiger partial charge in [-0.3, -0.25) is 14.4 Å². The molecular formula is C24H17ClN6O3S. The maximum atomic E-state index is 12.9. The molecule has 9 nitrogen and oxygen atoms in total. The van der Waals surface area contributed by atoms with Crippen LogP contribution in [0.2, 0.25) is 5.02 Å². The van der Waals surface area contributed by atoms with Gasteiger partial charge in [0.1, 0.15) is 6.42 Å². The van der Waals surface area contributed by atoms with Gasteiger partial charge in [-0.05, 0) is 43.4 Å². The first-order valence-corrected chi connectivity index (χ1v) is 11.3. The van der Waals surface area contributed by atoms with Gasteiger partial charge in [0.05, 0.1) is 22.5 Å².